The molecule has 0 radical (unpaired) electrons. The third-order valence-corrected chi connectivity index (χ3v) is 5.25. The van der Waals surface area contributed by atoms with Gasteiger partial charge in [-0.15, -0.1) is 11.3 Å². The van der Waals surface area contributed by atoms with E-state index in [9.17, 15) is 9.90 Å². The summed E-state index contributed by atoms with van der Waals surface area (Å²) in [5.41, 5.74) is 2.84. The number of hydrogen-bond donors (Lipinski definition) is 1. The summed E-state index contributed by atoms with van der Waals surface area (Å²) in [4.78, 5) is 18.0. The highest BCUT2D eigenvalue weighted by molar-refractivity contribution is 7.07. The first kappa shape index (κ1) is 13.1. The topological polar surface area (TPSA) is 53.4 Å². The molecule has 19 heavy (non-hydrogen) atoms. The molecule has 2 aliphatic rings. The Morgan fingerprint density at radius 1 is 1.37 bits per heavy atom. The minimum atomic E-state index is -0.667. The summed E-state index contributed by atoms with van der Waals surface area (Å²) in [5, 5.41) is 11.5. The van der Waals surface area contributed by atoms with Crippen molar-refractivity contribution in [3.05, 3.63) is 16.6 Å². The van der Waals surface area contributed by atoms with E-state index >= 15 is 0 Å². The molecule has 4 nitrogen and oxygen atoms in total. The first-order valence-corrected chi connectivity index (χ1v) is 8.05. The van der Waals surface area contributed by atoms with Crippen molar-refractivity contribution in [3.63, 3.8) is 0 Å². The van der Waals surface area contributed by atoms with Crippen molar-refractivity contribution in [2.45, 2.75) is 57.2 Å². The van der Waals surface area contributed by atoms with E-state index in [-0.39, 0.29) is 6.04 Å². The van der Waals surface area contributed by atoms with Gasteiger partial charge in [0.25, 0.3) is 0 Å². The highest BCUT2D eigenvalue weighted by atomic mass is 32.1. The molecule has 0 aromatic carbocycles. The Labute approximate surface area is 117 Å². The van der Waals surface area contributed by atoms with Crippen molar-refractivity contribution in [1.29, 1.82) is 0 Å². The zero-order valence-corrected chi connectivity index (χ0v) is 11.8. The van der Waals surface area contributed by atoms with Crippen LogP contribution in [0, 0.1) is 5.92 Å². The molecule has 0 amide bonds. The van der Waals surface area contributed by atoms with Crippen molar-refractivity contribution < 1.29 is 9.90 Å². The molecule has 1 N–H and O–H groups in total. The smallest absolute Gasteiger partial charge is 0.320 e. The average Bonchev–Trinajstić information content (AvgIpc) is 2.92. The van der Waals surface area contributed by atoms with E-state index in [0.29, 0.717) is 18.5 Å². The summed E-state index contributed by atoms with van der Waals surface area (Å²) >= 11 is 1.58. The number of piperidine rings is 1. The van der Waals surface area contributed by atoms with Gasteiger partial charge in [-0.05, 0) is 31.6 Å². The van der Waals surface area contributed by atoms with Gasteiger partial charge in [-0.2, -0.15) is 0 Å². The number of hydrogen-bond acceptors (Lipinski definition) is 4. The summed E-state index contributed by atoms with van der Waals surface area (Å²) in [6.45, 7) is 0.696. The van der Waals surface area contributed by atoms with Crippen molar-refractivity contribution >= 4 is 17.3 Å². The molecule has 1 aromatic rings. The van der Waals surface area contributed by atoms with Gasteiger partial charge < -0.3 is 5.11 Å². The predicted molar refractivity (Wildman–Crippen MR) is 74.1 cm³/mol. The Morgan fingerprint density at radius 2 is 2.21 bits per heavy atom. The number of aromatic nitrogens is 1. The molecule has 1 saturated heterocycles. The quantitative estimate of drug-likeness (QED) is 0.925. The number of fused-ring (bicyclic) bond motifs is 1. The van der Waals surface area contributed by atoms with Gasteiger partial charge in [0.15, 0.2) is 0 Å². The molecule has 0 spiro atoms. The van der Waals surface area contributed by atoms with E-state index in [1.807, 2.05) is 10.9 Å². The third-order valence-electron chi connectivity index (χ3n) is 4.62. The number of carboxylic acid groups (broad SMARTS) is 1. The highest BCUT2D eigenvalue weighted by Crippen LogP contribution is 2.38. The minimum Gasteiger partial charge on any atom is -0.480 e. The summed E-state index contributed by atoms with van der Waals surface area (Å²) < 4.78 is 0. The maximum atomic E-state index is 11.5. The van der Waals surface area contributed by atoms with Crippen LogP contribution in [0.2, 0.25) is 0 Å². The Kier molecular flexibility index (Phi) is 3.84. The van der Waals surface area contributed by atoms with Crippen LogP contribution >= 0.6 is 11.3 Å². The Balaban J connectivity index is 1.81. The normalized spacial score (nSPS) is 31.9. The Bertz CT molecular complexity index is 435. The predicted octanol–water partition coefficient (Wildman–Crippen LogP) is 2.75. The van der Waals surface area contributed by atoms with Gasteiger partial charge in [0.2, 0.25) is 0 Å². The second-order valence-electron chi connectivity index (χ2n) is 5.70. The van der Waals surface area contributed by atoms with Crippen LogP contribution in [-0.2, 0) is 11.3 Å². The molecule has 0 bridgehead atoms. The van der Waals surface area contributed by atoms with Crippen LogP contribution in [-0.4, -0.2) is 33.0 Å². The average molecular weight is 280 g/mol. The van der Waals surface area contributed by atoms with Crippen LogP contribution in [0.15, 0.2) is 10.9 Å². The first-order chi connectivity index (χ1) is 9.25. The maximum absolute atomic E-state index is 11.5. The molecule has 2 fully saturated rings. The van der Waals surface area contributed by atoms with Crippen LogP contribution in [0.3, 0.4) is 0 Å². The molecule has 3 unspecified atom stereocenters. The molecule has 2 heterocycles. The van der Waals surface area contributed by atoms with Crippen molar-refractivity contribution in [2.75, 3.05) is 0 Å². The first-order valence-electron chi connectivity index (χ1n) is 7.11. The molecule has 5 heteroatoms. The fourth-order valence-corrected chi connectivity index (χ4v) is 4.28. The lowest BCUT2D eigenvalue weighted by Crippen LogP contribution is -2.54. The fraction of sp³-hybridized carbons (Fsp3) is 0.714. The van der Waals surface area contributed by atoms with E-state index in [2.05, 4.69) is 9.88 Å². The molecule has 3 rings (SSSR count). The molecule has 1 saturated carbocycles. The molecule has 3 atom stereocenters. The lowest BCUT2D eigenvalue weighted by atomic mass is 9.76. The summed E-state index contributed by atoms with van der Waals surface area (Å²) in [7, 11) is 0. The van der Waals surface area contributed by atoms with Crippen molar-refractivity contribution in [1.82, 2.24) is 9.88 Å². The third kappa shape index (κ3) is 2.67. The number of carboxylic acids is 1. The summed E-state index contributed by atoms with van der Waals surface area (Å²) in [5.74, 6) is 0.0299. The van der Waals surface area contributed by atoms with Crippen LogP contribution in [0.5, 0.6) is 0 Å². The number of thiazole rings is 1. The Hall–Kier alpha value is -0.940. The van der Waals surface area contributed by atoms with Gasteiger partial charge in [0.1, 0.15) is 6.04 Å². The van der Waals surface area contributed by atoms with E-state index in [0.717, 1.165) is 25.0 Å². The van der Waals surface area contributed by atoms with Gasteiger partial charge in [0, 0.05) is 18.0 Å². The fourth-order valence-electron chi connectivity index (χ4n) is 3.73. The van der Waals surface area contributed by atoms with Crippen molar-refractivity contribution in [3.8, 4) is 0 Å². The highest BCUT2D eigenvalue weighted by Gasteiger charge is 2.41. The molecule has 104 valence electrons. The maximum Gasteiger partial charge on any atom is 0.320 e. The lowest BCUT2D eigenvalue weighted by Gasteiger charge is -2.47. The van der Waals surface area contributed by atoms with Crippen LogP contribution in [0.4, 0.5) is 0 Å². The molecule has 1 aliphatic heterocycles. The number of nitrogens with zero attached hydrogens (tertiary/aromatic N) is 2. The second-order valence-corrected chi connectivity index (χ2v) is 6.41. The molecular weight excluding hydrogens is 260 g/mol. The van der Waals surface area contributed by atoms with Crippen molar-refractivity contribution in [2.24, 2.45) is 5.92 Å². The van der Waals surface area contributed by atoms with Crippen LogP contribution in [0.1, 0.15) is 44.2 Å². The molecular formula is C14H20N2O2S. The van der Waals surface area contributed by atoms with E-state index in [1.165, 1.54) is 19.3 Å². The zero-order valence-electron chi connectivity index (χ0n) is 11.0. The lowest BCUT2D eigenvalue weighted by molar-refractivity contribution is -0.148. The molecule has 1 aromatic heterocycles. The van der Waals surface area contributed by atoms with E-state index in [4.69, 9.17) is 0 Å². The van der Waals surface area contributed by atoms with Gasteiger partial charge in [-0.25, -0.2) is 4.98 Å². The zero-order chi connectivity index (χ0) is 13.2. The number of rotatable bonds is 3. The van der Waals surface area contributed by atoms with E-state index in [1.54, 1.807) is 11.3 Å². The standard InChI is InChI=1S/C14H20N2O2S/c17-14(18)13-6-5-10-3-1-2-4-12(10)16(13)7-11-8-19-9-15-11/h8-10,12-13H,1-7H2,(H,17,18). The molecule has 1 aliphatic carbocycles. The van der Waals surface area contributed by atoms with Gasteiger partial charge >= 0.3 is 5.97 Å². The van der Waals surface area contributed by atoms with Crippen LogP contribution in [0.25, 0.3) is 0 Å². The van der Waals surface area contributed by atoms with Gasteiger partial charge in [0.05, 0.1) is 11.2 Å². The Morgan fingerprint density at radius 3 is 2.95 bits per heavy atom. The monoisotopic (exact) mass is 280 g/mol. The largest absolute Gasteiger partial charge is 0.480 e. The van der Waals surface area contributed by atoms with Crippen LogP contribution < -0.4 is 0 Å². The SMILES string of the molecule is O=C(O)C1CCC2CCCCC2N1Cc1cscn1. The van der Waals surface area contributed by atoms with E-state index < -0.39 is 5.97 Å². The second kappa shape index (κ2) is 5.59. The number of aliphatic carboxylic acids is 1. The van der Waals surface area contributed by atoms with Gasteiger partial charge in [-0.3, -0.25) is 9.69 Å². The summed E-state index contributed by atoms with van der Waals surface area (Å²) in [6, 6.07) is 0.131. The number of carbonyl (C=O) groups is 1. The minimum absolute atomic E-state index is 0.318. The summed E-state index contributed by atoms with van der Waals surface area (Å²) in [6.07, 6.45) is 6.84. The van der Waals surface area contributed by atoms with Gasteiger partial charge in [-0.1, -0.05) is 12.8 Å². The number of likely N-dealkylation sites (tertiary alicyclic amines) is 1.